The molecule has 1 heterocycles. The smallest absolute Gasteiger partial charge is 0.312 e. The maximum absolute atomic E-state index is 12.7. The molecular weight excluding hydrogens is 348 g/mol. The third-order valence-corrected chi connectivity index (χ3v) is 4.28. The molecule has 1 aliphatic rings. The van der Waals surface area contributed by atoms with Crippen LogP contribution in [0.3, 0.4) is 0 Å². The summed E-state index contributed by atoms with van der Waals surface area (Å²) < 4.78 is 5.79. The summed E-state index contributed by atoms with van der Waals surface area (Å²) in [5, 5.41) is 5.35. The van der Waals surface area contributed by atoms with Gasteiger partial charge < -0.3 is 26.0 Å². The zero-order valence-electron chi connectivity index (χ0n) is 15.7. The molecule has 148 valence electrons. The summed E-state index contributed by atoms with van der Waals surface area (Å²) in [6, 6.07) is 6.72. The minimum Gasteiger partial charge on any atom is -0.477 e. The van der Waals surface area contributed by atoms with Crippen LogP contribution in [-0.4, -0.2) is 43.6 Å². The van der Waals surface area contributed by atoms with Crippen molar-refractivity contribution in [2.45, 2.75) is 45.1 Å². The van der Waals surface area contributed by atoms with Crippen LogP contribution in [0.2, 0.25) is 0 Å². The lowest BCUT2D eigenvalue weighted by atomic mass is 10.1. The number of primary amides is 1. The van der Waals surface area contributed by atoms with Gasteiger partial charge in [0.05, 0.1) is 12.2 Å². The van der Waals surface area contributed by atoms with E-state index < -0.39 is 12.1 Å². The second-order valence-electron chi connectivity index (χ2n) is 6.47. The Bertz CT molecular complexity index is 665. The molecule has 1 atom stereocenters. The lowest BCUT2D eigenvalue weighted by Crippen LogP contribution is -2.50. The molecule has 27 heavy (non-hydrogen) atoms. The van der Waals surface area contributed by atoms with Gasteiger partial charge >= 0.3 is 6.03 Å². The van der Waals surface area contributed by atoms with Gasteiger partial charge in [0.2, 0.25) is 5.91 Å². The van der Waals surface area contributed by atoms with Gasteiger partial charge in [-0.15, -0.1) is 0 Å². The number of nitrogens with zero attached hydrogens (tertiary/aromatic N) is 1. The van der Waals surface area contributed by atoms with Gasteiger partial charge in [0.15, 0.2) is 6.10 Å². The highest BCUT2D eigenvalue weighted by atomic mass is 16.5. The van der Waals surface area contributed by atoms with Crippen LogP contribution in [0.4, 0.5) is 10.5 Å². The Balaban J connectivity index is 1.93. The molecule has 1 aliphatic heterocycles. The van der Waals surface area contributed by atoms with Gasteiger partial charge in [-0.1, -0.05) is 25.5 Å². The number of anilines is 1. The first-order valence-electron chi connectivity index (χ1n) is 9.40. The topological polar surface area (TPSA) is 114 Å². The third kappa shape index (κ3) is 6.16. The van der Waals surface area contributed by atoms with Crippen LogP contribution in [0.5, 0.6) is 5.75 Å². The molecule has 8 nitrogen and oxygen atoms in total. The Labute approximate surface area is 159 Å². The van der Waals surface area contributed by atoms with Crippen LogP contribution in [0, 0.1) is 0 Å². The summed E-state index contributed by atoms with van der Waals surface area (Å²) in [5.74, 6) is 0.294. The van der Waals surface area contributed by atoms with Crippen LogP contribution in [0.25, 0.3) is 0 Å². The van der Waals surface area contributed by atoms with Gasteiger partial charge in [-0.2, -0.15) is 0 Å². The van der Waals surface area contributed by atoms with E-state index in [0.29, 0.717) is 37.4 Å². The van der Waals surface area contributed by atoms with Crippen molar-refractivity contribution in [1.29, 1.82) is 0 Å². The van der Waals surface area contributed by atoms with Crippen molar-refractivity contribution in [3.8, 4) is 5.75 Å². The van der Waals surface area contributed by atoms with Gasteiger partial charge in [0.1, 0.15) is 5.75 Å². The lowest BCUT2D eigenvalue weighted by Gasteiger charge is -2.34. The van der Waals surface area contributed by atoms with E-state index >= 15 is 0 Å². The van der Waals surface area contributed by atoms with Crippen LogP contribution in [0.15, 0.2) is 24.3 Å². The zero-order chi connectivity index (χ0) is 19.6. The van der Waals surface area contributed by atoms with Gasteiger partial charge in [-0.3, -0.25) is 9.59 Å². The number of carbonyl (C=O) groups excluding carboxylic acids is 3. The molecule has 0 bridgehead atoms. The molecule has 0 unspecified atom stereocenters. The second-order valence-corrected chi connectivity index (χ2v) is 6.47. The van der Waals surface area contributed by atoms with Crippen molar-refractivity contribution < 1.29 is 19.1 Å². The first kappa shape index (κ1) is 20.5. The molecule has 8 heteroatoms. The Morgan fingerprint density at radius 2 is 1.93 bits per heavy atom. The Kier molecular flexibility index (Phi) is 7.91. The standard InChI is InChI=1S/C19H28N4O4/c1-2-11-21-18(25)16-13-23(14-8-5-6-9-15(14)27-16)17(24)10-4-3-7-12-22-19(20)26/h5-6,8-9,16H,2-4,7,10-13H2,1H3,(H,21,25)(H3,20,22,26)/t16-/m0/s1. The molecule has 1 aromatic rings. The first-order valence-corrected chi connectivity index (χ1v) is 9.40. The summed E-state index contributed by atoms with van der Waals surface area (Å²) in [4.78, 5) is 37.3. The average Bonchev–Trinajstić information content (AvgIpc) is 2.67. The lowest BCUT2D eigenvalue weighted by molar-refractivity contribution is -0.128. The summed E-state index contributed by atoms with van der Waals surface area (Å²) in [5.41, 5.74) is 5.70. The molecule has 4 amide bonds. The maximum Gasteiger partial charge on any atom is 0.312 e. The van der Waals surface area contributed by atoms with Crippen molar-refractivity contribution in [3.05, 3.63) is 24.3 Å². The minimum atomic E-state index is -0.713. The molecular formula is C19H28N4O4. The van der Waals surface area contributed by atoms with Gasteiger partial charge in [0.25, 0.3) is 5.91 Å². The highest BCUT2D eigenvalue weighted by Gasteiger charge is 2.33. The monoisotopic (exact) mass is 376 g/mol. The molecule has 0 aliphatic carbocycles. The summed E-state index contributed by atoms with van der Waals surface area (Å²) >= 11 is 0. The molecule has 0 fully saturated rings. The number of amides is 4. The number of para-hydroxylation sites is 2. The number of ether oxygens (including phenoxy) is 1. The number of nitrogens with one attached hydrogen (secondary N) is 2. The van der Waals surface area contributed by atoms with Crippen LogP contribution < -0.4 is 26.0 Å². The number of benzene rings is 1. The molecule has 1 aromatic carbocycles. The van der Waals surface area contributed by atoms with E-state index in [0.717, 1.165) is 19.3 Å². The van der Waals surface area contributed by atoms with Crippen molar-refractivity contribution in [3.63, 3.8) is 0 Å². The van der Waals surface area contributed by atoms with Crippen molar-refractivity contribution in [1.82, 2.24) is 10.6 Å². The highest BCUT2D eigenvalue weighted by molar-refractivity contribution is 5.97. The number of hydrogen-bond acceptors (Lipinski definition) is 4. The summed E-state index contributed by atoms with van der Waals surface area (Å²) in [6.45, 7) is 3.26. The minimum absolute atomic E-state index is 0.0399. The number of rotatable bonds is 9. The molecule has 0 radical (unpaired) electrons. The fourth-order valence-corrected chi connectivity index (χ4v) is 2.89. The molecule has 0 saturated heterocycles. The van der Waals surface area contributed by atoms with Crippen molar-refractivity contribution in [2.75, 3.05) is 24.5 Å². The van der Waals surface area contributed by atoms with E-state index in [9.17, 15) is 14.4 Å². The summed E-state index contributed by atoms with van der Waals surface area (Å²) in [6.07, 6.45) is 2.76. The highest BCUT2D eigenvalue weighted by Crippen LogP contribution is 2.33. The van der Waals surface area contributed by atoms with E-state index in [-0.39, 0.29) is 18.4 Å². The maximum atomic E-state index is 12.7. The van der Waals surface area contributed by atoms with Crippen LogP contribution in [0.1, 0.15) is 39.0 Å². The number of unbranched alkanes of at least 4 members (excludes halogenated alkanes) is 2. The summed E-state index contributed by atoms with van der Waals surface area (Å²) in [7, 11) is 0. The number of urea groups is 1. The van der Waals surface area contributed by atoms with Crippen molar-refractivity contribution in [2.24, 2.45) is 5.73 Å². The zero-order valence-corrected chi connectivity index (χ0v) is 15.7. The fraction of sp³-hybridized carbons (Fsp3) is 0.526. The quantitative estimate of drug-likeness (QED) is 0.567. The first-order chi connectivity index (χ1) is 13.0. The number of fused-ring (bicyclic) bond motifs is 1. The molecule has 4 N–H and O–H groups in total. The predicted molar refractivity (Wildman–Crippen MR) is 103 cm³/mol. The second kappa shape index (κ2) is 10.4. The Hall–Kier alpha value is -2.77. The largest absolute Gasteiger partial charge is 0.477 e. The number of hydrogen-bond donors (Lipinski definition) is 3. The molecule has 2 rings (SSSR count). The predicted octanol–water partition coefficient (Wildman–Crippen LogP) is 1.54. The molecule has 0 saturated carbocycles. The van der Waals surface area contributed by atoms with E-state index in [2.05, 4.69) is 10.6 Å². The van der Waals surface area contributed by atoms with E-state index in [1.807, 2.05) is 25.1 Å². The Morgan fingerprint density at radius 3 is 2.67 bits per heavy atom. The SMILES string of the molecule is CCCNC(=O)[C@@H]1CN(C(=O)CCCCCNC(N)=O)c2ccccc2O1. The van der Waals surface area contributed by atoms with E-state index in [4.69, 9.17) is 10.5 Å². The fourth-order valence-electron chi connectivity index (χ4n) is 2.89. The normalized spacial score (nSPS) is 15.4. The number of nitrogens with two attached hydrogens (primary N) is 1. The van der Waals surface area contributed by atoms with E-state index in [1.165, 1.54) is 0 Å². The van der Waals surface area contributed by atoms with Gasteiger partial charge in [-0.05, 0) is 31.4 Å². The van der Waals surface area contributed by atoms with Crippen LogP contribution in [-0.2, 0) is 9.59 Å². The van der Waals surface area contributed by atoms with E-state index in [1.54, 1.807) is 11.0 Å². The number of carbonyl (C=O) groups is 3. The Morgan fingerprint density at radius 1 is 1.15 bits per heavy atom. The van der Waals surface area contributed by atoms with Crippen LogP contribution >= 0.6 is 0 Å². The van der Waals surface area contributed by atoms with Gasteiger partial charge in [0, 0.05) is 19.5 Å². The third-order valence-electron chi connectivity index (χ3n) is 4.28. The van der Waals surface area contributed by atoms with Crippen molar-refractivity contribution >= 4 is 23.5 Å². The molecule has 0 spiro atoms. The average molecular weight is 376 g/mol. The van der Waals surface area contributed by atoms with Gasteiger partial charge in [-0.25, -0.2) is 4.79 Å². The molecule has 0 aromatic heterocycles.